The van der Waals surface area contributed by atoms with E-state index >= 15 is 0 Å². The molecule has 0 aliphatic carbocycles. The molecule has 0 unspecified atom stereocenters. The second-order valence-electron chi connectivity index (χ2n) is 4.57. The number of hydrogen-bond acceptors (Lipinski definition) is 4. The van der Waals surface area contributed by atoms with Gasteiger partial charge in [-0.25, -0.2) is 0 Å². The molecule has 5 heteroatoms. The van der Waals surface area contributed by atoms with E-state index < -0.39 is 0 Å². The first-order valence-corrected chi connectivity index (χ1v) is 6.25. The van der Waals surface area contributed by atoms with Gasteiger partial charge in [-0.05, 0) is 30.3 Å². The molecule has 0 bridgehead atoms. The number of fused-ring (bicyclic) bond motifs is 1. The van der Waals surface area contributed by atoms with E-state index in [0.717, 1.165) is 17.1 Å². The van der Waals surface area contributed by atoms with E-state index in [9.17, 15) is 4.79 Å². The molecule has 2 heterocycles. The van der Waals surface area contributed by atoms with E-state index in [0.29, 0.717) is 12.1 Å². The lowest BCUT2D eigenvalue weighted by Crippen LogP contribution is -2.37. The standard InChI is InChI=1S/C15H12N4O/c16-8-11-4-5-13-14(7-11)19(10-15(20)18-13)9-12-3-1-2-6-17-12/h1-7H,9-10H2,(H,18,20). The number of anilines is 2. The molecule has 1 aliphatic heterocycles. The van der Waals surface area contributed by atoms with Crippen molar-refractivity contribution in [3.05, 3.63) is 53.9 Å². The van der Waals surface area contributed by atoms with Gasteiger partial charge in [0.2, 0.25) is 5.91 Å². The molecule has 1 N–H and O–H groups in total. The number of nitrogens with one attached hydrogen (secondary N) is 1. The van der Waals surface area contributed by atoms with Gasteiger partial charge in [0.15, 0.2) is 0 Å². The van der Waals surface area contributed by atoms with E-state index in [-0.39, 0.29) is 12.5 Å². The Morgan fingerprint density at radius 3 is 3.00 bits per heavy atom. The van der Waals surface area contributed by atoms with Gasteiger partial charge < -0.3 is 10.2 Å². The maximum Gasteiger partial charge on any atom is 0.243 e. The van der Waals surface area contributed by atoms with Crippen LogP contribution in [0.5, 0.6) is 0 Å². The fraction of sp³-hybridized carbons (Fsp3) is 0.133. The zero-order chi connectivity index (χ0) is 13.9. The number of carbonyl (C=O) groups is 1. The maximum absolute atomic E-state index is 11.7. The molecule has 5 nitrogen and oxygen atoms in total. The molecule has 0 spiro atoms. The van der Waals surface area contributed by atoms with Crippen molar-refractivity contribution < 1.29 is 4.79 Å². The Morgan fingerprint density at radius 2 is 2.25 bits per heavy atom. The van der Waals surface area contributed by atoms with E-state index in [1.807, 2.05) is 23.1 Å². The van der Waals surface area contributed by atoms with Crippen molar-refractivity contribution in [3.63, 3.8) is 0 Å². The third-order valence-corrected chi connectivity index (χ3v) is 3.16. The zero-order valence-corrected chi connectivity index (χ0v) is 10.7. The van der Waals surface area contributed by atoms with Crippen LogP contribution in [0, 0.1) is 11.3 Å². The van der Waals surface area contributed by atoms with Gasteiger partial charge in [-0.2, -0.15) is 5.26 Å². The first-order valence-electron chi connectivity index (χ1n) is 6.25. The van der Waals surface area contributed by atoms with Gasteiger partial charge in [0.25, 0.3) is 0 Å². The van der Waals surface area contributed by atoms with Gasteiger partial charge in [0.1, 0.15) is 0 Å². The van der Waals surface area contributed by atoms with Gasteiger partial charge in [0.05, 0.1) is 41.8 Å². The third kappa shape index (κ3) is 2.31. The van der Waals surface area contributed by atoms with Crippen LogP contribution in [0.4, 0.5) is 11.4 Å². The van der Waals surface area contributed by atoms with Gasteiger partial charge >= 0.3 is 0 Å². The molecular weight excluding hydrogens is 252 g/mol. The SMILES string of the molecule is N#Cc1ccc2c(c1)N(Cc1ccccn1)CC(=O)N2. The lowest BCUT2D eigenvalue weighted by Gasteiger charge is -2.30. The minimum atomic E-state index is -0.0573. The van der Waals surface area contributed by atoms with Crippen molar-refractivity contribution in [1.82, 2.24) is 4.98 Å². The molecule has 3 rings (SSSR count). The number of pyridine rings is 1. The molecule has 0 fully saturated rings. The molecule has 1 aromatic carbocycles. The summed E-state index contributed by atoms with van der Waals surface area (Å²) >= 11 is 0. The summed E-state index contributed by atoms with van der Waals surface area (Å²) in [5.41, 5.74) is 3.05. The molecule has 0 saturated carbocycles. The van der Waals surface area contributed by atoms with Crippen molar-refractivity contribution in [3.8, 4) is 6.07 Å². The van der Waals surface area contributed by atoms with Crippen molar-refractivity contribution in [2.75, 3.05) is 16.8 Å². The van der Waals surface area contributed by atoms with Crippen LogP contribution in [0.15, 0.2) is 42.6 Å². The maximum atomic E-state index is 11.7. The van der Waals surface area contributed by atoms with Crippen LogP contribution in [0.2, 0.25) is 0 Å². The van der Waals surface area contributed by atoms with Crippen LogP contribution in [0.25, 0.3) is 0 Å². The highest BCUT2D eigenvalue weighted by Crippen LogP contribution is 2.31. The molecule has 0 atom stereocenters. The van der Waals surface area contributed by atoms with Gasteiger partial charge in [-0.15, -0.1) is 0 Å². The second-order valence-corrected chi connectivity index (χ2v) is 4.57. The first kappa shape index (κ1) is 12.2. The average Bonchev–Trinajstić information content (AvgIpc) is 2.48. The smallest absolute Gasteiger partial charge is 0.243 e. The summed E-state index contributed by atoms with van der Waals surface area (Å²) in [4.78, 5) is 17.9. The van der Waals surface area contributed by atoms with Crippen molar-refractivity contribution in [1.29, 1.82) is 5.26 Å². The van der Waals surface area contributed by atoms with E-state index in [1.54, 1.807) is 24.4 Å². The van der Waals surface area contributed by atoms with Gasteiger partial charge in [-0.3, -0.25) is 9.78 Å². The molecule has 20 heavy (non-hydrogen) atoms. The Kier molecular flexibility index (Phi) is 3.05. The summed E-state index contributed by atoms with van der Waals surface area (Å²) in [7, 11) is 0. The molecule has 2 aromatic rings. The number of nitriles is 1. The highest BCUT2D eigenvalue weighted by Gasteiger charge is 2.22. The zero-order valence-electron chi connectivity index (χ0n) is 10.7. The highest BCUT2D eigenvalue weighted by molar-refractivity contribution is 6.01. The summed E-state index contributed by atoms with van der Waals surface area (Å²) in [5, 5.41) is 11.8. The number of hydrogen-bond donors (Lipinski definition) is 1. The minimum absolute atomic E-state index is 0.0573. The largest absolute Gasteiger partial charge is 0.355 e. The molecule has 0 saturated heterocycles. The second kappa shape index (κ2) is 5.02. The summed E-state index contributed by atoms with van der Waals surface area (Å²) in [6.07, 6.45) is 1.73. The molecule has 98 valence electrons. The van der Waals surface area contributed by atoms with E-state index in [2.05, 4.69) is 16.4 Å². The summed E-state index contributed by atoms with van der Waals surface area (Å²) in [6, 6.07) is 13.1. The van der Waals surface area contributed by atoms with Crippen molar-refractivity contribution in [2.24, 2.45) is 0 Å². The van der Waals surface area contributed by atoms with Crippen LogP contribution in [0.3, 0.4) is 0 Å². The third-order valence-electron chi connectivity index (χ3n) is 3.16. The highest BCUT2D eigenvalue weighted by atomic mass is 16.2. The van der Waals surface area contributed by atoms with Crippen LogP contribution < -0.4 is 10.2 Å². The predicted octanol–water partition coefficient (Wildman–Crippen LogP) is 1.91. The van der Waals surface area contributed by atoms with Crippen LogP contribution >= 0.6 is 0 Å². The first-order chi connectivity index (χ1) is 9.76. The van der Waals surface area contributed by atoms with Crippen LogP contribution in [0.1, 0.15) is 11.3 Å². The van der Waals surface area contributed by atoms with Crippen molar-refractivity contribution in [2.45, 2.75) is 6.54 Å². The summed E-state index contributed by atoms with van der Waals surface area (Å²) in [6.45, 7) is 0.800. The van der Waals surface area contributed by atoms with E-state index in [4.69, 9.17) is 5.26 Å². The molecule has 1 aliphatic rings. The Bertz CT molecular complexity index is 691. The minimum Gasteiger partial charge on any atom is -0.355 e. The predicted molar refractivity (Wildman–Crippen MR) is 75.1 cm³/mol. The quantitative estimate of drug-likeness (QED) is 0.899. The van der Waals surface area contributed by atoms with Crippen molar-refractivity contribution >= 4 is 17.3 Å². The van der Waals surface area contributed by atoms with Crippen LogP contribution in [-0.2, 0) is 11.3 Å². The number of benzene rings is 1. The summed E-state index contributed by atoms with van der Waals surface area (Å²) in [5.74, 6) is -0.0573. The van der Waals surface area contributed by atoms with Gasteiger partial charge in [-0.1, -0.05) is 6.07 Å². The monoisotopic (exact) mass is 264 g/mol. The molecule has 0 radical (unpaired) electrons. The van der Waals surface area contributed by atoms with E-state index in [1.165, 1.54) is 0 Å². The number of amides is 1. The Labute approximate surface area is 116 Å². The number of nitrogens with zero attached hydrogens (tertiary/aromatic N) is 3. The van der Waals surface area contributed by atoms with Gasteiger partial charge in [0, 0.05) is 6.20 Å². The number of aromatic nitrogens is 1. The lowest BCUT2D eigenvalue weighted by atomic mass is 10.1. The molecule has 1 aromatic heterocycles. The Balaban J connectivity index is 1.96. The Morgan fingerprint density at radius 1 is 1.35 bits per heavy atom. The fourth-order valence-corrected chi connectivity index (χ4v) is 2.25. The number of rotatable bonds is 2. The lowest BCUT2D eigenvalue weighted by molar-refractivity contribution is -0.115. The van der Waals surface area contributed by atoms with Crippen LogP contribution in [-0.4, -0.2) is 17.4 Å². The molecular formula is C15H12N4O. The topological polar surface area (TPSA) is 69.0 Å². The molecule has 1 amide bonds. The number of carbonyl (C=O) groups excluding carboxylic acids is 1. The Hall–Kier alpha value is -2.87. The normalized spacial score (nSPS) is 13.3. The average molecular weight is 264 g/mol. The fourth-order valence-electron chi connectivity index (χ4n) is 2.25. The summed E-state index contributed by atoms with van der Waals surface area (Å²) < 4.78 is 0.